The maximum atomic E-state index is 13.1. The second kappa shape index (κ2) is 6.24. The number of hydrogen-bond acceptors (Lipinski definition) is 3. The van der Waals surface area contributed by atoms with Gasteiger partial charge >= 0.3 is 0 Å². The monoisotopic (exact) mass is 337 g/mol. The van der Waals surface area contributed by atoms with Gasteiger partial charge in [-0.25, -0.2) is 4.39 Å². The van der Waals surface area contributed by atoms with Gasteiger partial charge in [0.05, 0.1) is 5.57 Å². The lowest BCUT2D eigenvalue weighted by atomic mass is 10.1. The smallest absolute Gasteiger partial charge is 0.257 e. The van der Waals surface area contributed by atoms with Crippen molar-refractivity contribution in [3.63, 3.8) is 0 Å². The Morgan fingerprint density at radius 1 is 1.04 bits per heavy atom. The number of fused-ring (bicyclic) bond motifs is 1. The lowest BCUT2D eigenvalue weighted by Crippen LogP contribution is -2.44. The zero-order chi connectivity index (χ0) is 17.4. The van der Waals surface area contributed by atoms with Gasteiger partial charge in [0, 0.05) is 49.3 Å². The molecule has 2 aromatic rings. The molecular weight excluding hydrogens is 317 g/mol. The molecule has 1 saturated heterocycles. The van der Waals surface area contributed by atoms with Gasteiger partial charge < -0.3 is 15.1 Å². The minimum absolute atomic E-state index is 0.0402. The van der Waals surface area contributed by atoms with Crippen LogP contribution in [-0.2, 0) is 4.79 Å². The Bertz CT molecular complexity index is 837. The first-order chi connectivity index (χ1) is 12.1. The molecule has 5 heteroatoms. The molecule has 0 aromatic heterocycles. The third-order valence-corrected chi connectivity index (χ3v) is 4.78. The van der Waals surface area contributed by atoms with Crippen LogP contribution in [0.4, 0.5) is 15.8 Å². The van der Waals surface area contributed by atoms with Crippen LogP contribution in [0.5, 0.6) is 0 Å². The summed E-state index contributed by atoms with van der Waals surface area (Å²) < 4.78 is 13.1. The molecule has 2 aliphatic rings. The molecule has 1 fully saturated rings. The fourth-order valence-electron chi connectivity index (χ4n) is 3.38. The summed E-state index contributed by atoms with van der Waals surface area (Å²) in [6.07, 6.45) is 1.97. The van der Waals surface area contributed by atoms with Gasteiger partial charge in [0.2, 0.25) is 0 Å². The average Bonchev–Trinajstić information content (AvgIpc) is 2.91. The molecule has 1 N–H and O–H groups in total. The fourth-order valence-corrected chi connectivity index (χ4v) is 3.38. The van der Waals surface area contributed by atoms with Crippen molar-refractivity contribution in [2.45, 2.75) is 6.92 Å². The van der Waals surface area contributed by atoms with Gasteiger partial charge in [-0.2, -0.15) is 0 Å². The van der Waals surface area contributed by atoms with Crippen LogP contribution in [0.2, 0.25) is 0 Å². The standard InChI is InChI=1S/C20H20FN3O/c1-14-2-7-17-18(20(25)22-19(17)12-14)13-23-8-10-24(11-9-23)16-5-3-15(21)4-6-16/h2-7,12-13H,8-11H2,1H3,(H,22,25)/b18-13+. The van der Waals surface area contributed by atoms with E-state index in [0.29, 0.717) is 0 Å². The van der Waals surface area contributed by atoms with Crippen LogP contribution < -0.4 is 10.2 Å². The summed E-state index contributed by atoms with van der Waals surface area (Å²) in [6, 6.07) is 12.6. The van der Waals surface area contributed by atoms with Crippen LogP contribution >= 0.6 is 0 Å². The Morgan fingerprint density at radius 2 is 1.76 bits per heavy atom. The number of hydrogen-bond donors (Lipinski definition) is 1. The minimum atomic E-state index is -0.215. The van der Waals surface area contributed by atoms with E-state index in [-0.39, 0.29) is 11.7 Å². The number of aryl methyl sites for hydroxylation is 1. The largest absolute Gasteiger partial charge is 0.373 e. The Morgan fingerprint density at radius 3 is 2.48 bits per heavy atom. The van der Waals surface area contributed by atoms with Crippen molar-refractivity contribution < 1.29 is 9.18 Å². The number of anilines is 2. The van der Waals surface area contributed by atoms with Gasteiger partial charge in [0.15, 0.2) is 0 Å². The normalized spacial score (nSPS) is 18.5. The molecule has 0 saturated carbocycles. The van der Waals surface area contributed by atoms with Gasteiger partial charge in [0.1, 0.15) is 5.82 Å². The van der Waals surface area contributed by atoms with Crippen LogP contribution in [0.15, 0.2) is 48.7 Å². The first-order valence-electron chi connectivity index (χ1n) is 8.49. The second-order valence-corrected chi connectivity index (χ2v) is 6.55. The maximum Gasteiger partial charge on any atom is 0.257 e. The van der Waals surface area contributed by atoms with E-state index in [2.05, 4.69) is 15.1 Å². The highest BCUT2D eigenvalue weighted by molar-refractivity contribution is 6.31. The number of nitrogens with one attached hydrogen (secondary N) is 1. The van der Waals surface area contributed by atoms with E-state index in [0.717, 1.165) is 54.3 Å². The number of rotatable bonds is 2. The Balaban J connectivity index is 1.47. The number of piperazine rings is 1. The van der Waals surface area contributed by atoms with Crippen molar-refractivity contribution in [1.29, 1.82) is 0 Å². The van der Waals surface area contributed by atoms with Crippen molar-refractivity contribution in [3.05, 3.63) is 65.6 Å². The minimum Gasteiger partial charge on any atom is -0.373 e. The molecule has 0 spiro atoms. The lowest BCUT2D eigenvalue weighted by Gasteiger charge is -2.35. The third kappa shape index (κ3) is 3.09. The van der Waals surface area contributed by atoms with Gasteiger partial charge in [0.25, 0.3) is 5.91 Å². The maximum absolute atomic E-state index is 13.1. The summed E-state index contributed by atoms with van der Waals surface area (Å²) in [4.78, 5) is 16.7. The average molecular weight is 337 g/mol. The van der Waals surface area contributed by atoms with Gasteiger partial charge in [-0.05, 0) is 42.8 Å². The zero-order valence-corrected chi connectivity index (χ0v) is 14.1. The Labute approximate surface area is 146 Å². The van der Waals surface area contributed by atoms with Gasteiger partial charge in [-0.1, -0.05) is 12.1 Å². The van der Waals surface area contributed by atoms with E-state index in [4.69, 9.17) is 0 Å². The summed E-state index contributed by atoms with van der Waals surface area (Å²) in [7, 11) is 0. The van der Waals surface area contributed by atoms with Crippen molar-refractivity contribution in [2.75, 3.05) is 36.4 Å². The molecule has 0 aliphatic carbocycles. The van der Waals surface area contributed by atoms with Crippen molar-refractivity contribution in [1.82, 2.24) is 4.90 Å². The molecule has 25 heavy (non-hydrogen) atoms. The molecule has 0 bridgehead atoms. The number of carbonyl (C=O) groups is 1. The molecule has 1 amide bonds. The van der Waals surface area contributed by atoms with Gasteiger partial charge in [-0.3, -0.25) is 4.79 Å². The first-order valence-corrected chi connectivity index (χ1v) is 8.49. The van der Waals surface area contributed by atoms with E-state index < -0.39 is 0 Å². The molecule has 2 aromatic carbocycles. The molecule has 4 nitrogen and oxygen atoms in total. The molecular formula is C20H20FN3O. The third-order valence-electron chi connectivity index (χ3n) is 4.78. The predicted molar refractivity (Wildman–Crippen MR) is 98.0 cm³/mol. The molecule has 2 heterocycles. The van der Waals surface area contributed by atoms with Crippen LogP contribution in [0.3, 0.4) is 0 Å². The van der Waals surface area contributed by atoms with Crippen molar-refractivity contribution >= 4 is 22.9 Å². The van der Waals surface area contributed by atoms with Gasteiger partial charge in [-0.15, -0.1) is 0 Å². The second-order valence-electron chi connectivity index (χ2n) is 6.55. The quantitative estimate of drug-likeness (QED) is 0.855. The lowest BCUT2D eigenvalue weighted by molar-refractivity contribution is -0.110. The zero-order valence-electron chi connectivity index (χ0n) is 14.1. The number of nitrogens with zero attached hydrogens (tertiary/aromatic N) is 2. The summed E-state index contributed by atoms with van der Waals surface area (Å²) in [5, 5.41) is 2.94. The molecule has 2 aliphatic heterocycles. The molecule has 0 unspecified atom stereocenters. The fraction of sp³-hybridized carbons (Fsp3) is 0.250. The van der Waals surface area contributed by atoms with Crippen LogP contribution in [0.25, 0.3) is 5.57 Å². The predicted octanol–water partition coefficient (Wildman–Crippen LogP) is 3.25. The topological polar surface area (TPSA) is 35.6 Å². The highest BCUT2D eigenvalue weighted by atomic mass is 19.1. The molecule has 0 atom stereocenters. The Hall–Kier alpha value is -2.82. The molecule has 0 radical (unpaired) electrons. The summed E-state index contributed by atoms with van der Waals surface area (Å²) in [6.45, 7) is 5.36. The number of amides is 1. The van der Waals surface area contributed by atoms with Crippen LogP contribution in [-0.4, -0.2) is 37.0 Å². The highest BCUT2D eigenvalue weighted by Crippen LogP contribution is 2.32. The first kappa shape index (κ1) is 15.7. The highest BCUT2D eigenvalue weighted by Gasteiger charge is 2.25. The van der Waals surface area contributed by atoms with E-state index in [1.165, 1.54) is 12.1 Å². The van der Waals surface area contributed by atoms with E-state index in [1.807, 2.05) is 43.5 Å². The van der Waals surface area contributed by atoms with Crippen LogP contribution in [0.1, 0.15) is 11.1 Å². The Kier molecular flexibility index (Phi) is 3.92. The number of carbonyl (C=O) groups excluding carboxylic acids is 1. The molecule has 128 valence electrons. The summed E-state index contributed by atoms with van der Waals surface area (Å²) in [5.41, 5.74) is 4.75. The number of benzene rings is 2. The van der Waals surface area contributed by atoms with E-state index >= 15 is 0 Å². The number of halogens is 1. The SMILES string of the molecule is Cc1ccc2c(c1)NC(=O)/C2=C/N1CCN(c2ccc(F)cc2)CC1. The molecule has 4 rings (SSSR count). The van der Waals surface area contributed by atoms with Crippen molar-refractivity contribution in [3.8, 4) is 0 Å². The summed E-state index contributed by atoms with van der Waals surface area (Å²) >= 11 is 0. The van der Waals surface area contributed by atoms with E-state index in [1.54, 1.807) is 0 Å². The summed E-state index contributed by atoms with van der Waals surface area (Å²) in [5.74, 6) is -0.255. The van der Waals surface area contributed by atoms with Crippen molar-refractivity contribution in [2.24, 2.45) is 0 Å². The van der Waals surface area contributed by atoms with E-state index in [9.17, 15) is 9.18 Å². The van der Waals surface area contributed by atoms with Crippen LogP contribution in [0, 0.1) is 12.7 Å².